The lowest BCUT2D eigenvalue weighted by atomic mass is 9.96. The number of nitrogens with zero attached hydrogens (tertiary/aromatic N) is 2. The van der Waals surface area contributed by atoms with Gasteiger partial charge in [-0.05, 0) is 122 Å². The van der Waals surface area contributed by atoms with Crippen LogP contribution in [0.5, 0.6) is 0 Å². The van der Waals surface area contributed by atoms with Gasteiger partial charge in [0.2, 0.25) is 0 Å². The van der Waals surface area contributed by atoms with Crippen LogP contribution in [-0.4, -0.2) is 4.57 Å². The summed E-state index contributed by atoms with van der Waals surface area (Å²) in [5.41, 5.74) is 15.1. The second kappa shape index (κ2) is 15.0. The molecule has 3 heteroatoms. The van der Waals surface area contributed by atoms with Gasteiger partial charge in [-0.25, -0.2) is 0 Å². The first-order chi connectivity index (χ1) is 32.2. The highest BCUT2D eigenvalue weighted by Gasteiger charge is 2.23. The first kappa shape index (κ1) is 36.9. The number of aromatic nitrogens is 1. The Morgan fingerprint density at radius 3 is 1.68 bits per heavy atom. The molecule has 2 aromatic heterocycles. The summed E-state index contributed by atoms with van der Waals surface area (Å²) in [7, 11) is 0. The lowest BCUT2D eigenvalue weighted by Gasteiger charge is -2.27. The van der Waals surface area contributed by atoms with Crippen molar-refractivity contribution >= 4 is 82.4 Å². The van der Waals surface area contributed by atoms with Gasteiger partial charge in [-0.1, -0.05) is 170 Å². The van der Waals surface area contributed by atoms with E-state index in [0.29, 0.717) is 0 Å². The third kappa shape index (κ3) is 6.12. The average Bonchev–Trinajstić information content (AvgIpc) is 3.94. The van der Waals surface area contributed by atoms with E-state index in [9.17, 15) is 0 Å². The van der Waals surface area contributed by atoms with Crippen LogP contribution >= 0.6 is 0 Å². The SMILES string of the molecule is c1ccc(-c2cccc(N(c3cccc(-c4ccc5c(ccc6ccccc65)c4)c3)c3ccc(-c4cccc(-n5c6ccccc6c6ccccc65)c4)c4oc5ccccc5c34)c2)cc1. The quantitative estimate of drug-likeness (QED) is 0.149. The summed E-state index contributed by atoms with van der Waals surface area (Å²) in [5, 5.41) is 9.63. The minimum absolute atomic E-state index is 0.852. The van der Waals surface area contributed by atoms with Crippen molar-refractivity contribution in [2.75, 3.05) is 4.90 Å². The Balaban J connectivity index is 1.01. The zero-order valence-electron chi connectivity index (χ0n) is 35.4. The molecule has 0 fully saturated rings. The maximum absolute atomic E-state index is 7.00. The lowest BCUT2D eigenvalue weighted by molar-refractivity contribution is 0.670. The molecule has 0 aliphatic rings. The molecule has 11 aromatic carbocycles. The van der Waals surface area contributed by atoms with Crippen molar-refractivity contribution in [1.29, 1.82) is 0 Å². The van der Waals surface area contributed by atoms with Crippen LogP contribution in [0.2, 0.25) is 0 Å². The third-order valence-electron chi connectivity index (χ3n) is 13.1. The van der Waals surface area contributed by atoms with Gasteiger partial charge in [0.25, 0.3) is 0 Å². The zero-order chi connectivity index (χ0) is 42.8. The Morgan fingerprint density at radius 1 is 0.338 bits per heavy atom. The molecule has 304 valence electrons. The van der Waals surface area contributed by atoms with Gasteiger partial charge < -0.3 is 13.9 Å². The summed E-state index contributed by atoms with van der Waals surface area (Å²) in [4.78, 5) is 2.41. The second-order valence-corrected chi connectivity index (χ2v) is 16.9. The largest absolute Gasteiger partial charge is 0.455 e. The Hall–Kier alpha value is -8.66. The monoisotopic (exact) mass is 828 g/mol. The molecular weight excluding hydrogens is 789 g/mol. The topological polar surface area (TPSA) is 21.3 Å². The Kier molecular flexibility index (Phi) is 8.53. The van der Waals surface area contributed by atoms with E-state index < -0.39 is 0 Å². The molecule has 3 nitrogen and oxygen atoms in total. The molecule has 13 rings (SSSR count). The van der Waals surface area contributed by atoms with Crippen molar-refractivity contribution in [2.24, 2.45) is 0 Å². The van der Waals surface area contributed by atoms with E-state index in [2.05, 4.69) is 252 Å². The van der Waals surface area contributed by atoms with Gasteiger partial charge in [-0.15, -0.1) is 0 Å². The summed E-state index contributed by atoms with van der Waals surface area (Å²) in [6, 6.07) is 87.7. The van der Waals surface area contributed by atoms with Crippen molar-refractivity contribution in [3.8, 4) is 39.1 Å². The number of hydrogen-bond donors (Lipinski definition) is 0. The standard InChI is InChI=1S/C62H40N2O/c1-2-15-41(16-3-1)43-18-12-21-48(38-43)63(49-22-13-19-44(39-49)45-33-34-52-47(37-45)32-31-42-17-4-5-24-51(42)52)59-36-35-53(62-61(59)56-27-8-11-30-60(56)65-62)46-20-14-23-50(40-46)64-57-28-9-6-25-54(57)55-26-7-10-29-58(55)64/h1-40H. The maximum atomic E-state index is 7.00. The molecule has 2 heterocycles. The molecule has 0 bridgehead atoms. The molecule has 13 aromatic rings. The van der Waals surface area contributed by atoms with Crippen LogP contribution in [0.1, 0.15) is 0 Å². The van der Waals surface area contributed by atoms with Gasteiger partial charge in [0.05, 0.1) is 22.1 Å². The summed E-state index contributed by atoms with van der Waals surface area (Å²) in [6.07, 6.45) is 0. The van der Waals surface area contributed by atoms with Crippen LogP contribution in [0.25, 0.3) is 104 Å². The molecule has 0 saturated carbocycles. The summed E-state index contributed by atoms with van der Waals surface area (Å²) >= 11 is 0. The van der Waals surface area contributed by atoms with E-state index in [1.54, 1.807) is 0 Å². The van der Waals surface area contributed by atoms with Crippen molar-refractivity contribution < 1.29 is 4.42 Å². The number of benzene rings is 11. The summed E-state index contributed by atoms with van der Waals surface area (Å²) in [6.45, 7) is 0. The van der Waals surface area contributed by atoms with E-state index in [1.165, 1.54) is 54.5 Å². The lowest BCUT2D eigenvalue weighted by Crippen LogP contribution is -2.11. The number of rotatable bonds is 7. The summed E-state index contributed by atoms with van der Waals surface area (Å²) in [5.74, 6) is 0. The normalized spacial score (nSPS) is 11.7. The minimum atomic E-state index is 0.852. The van der Waals surface area contributed by atoms with Crippen molar-refractivity contribution in [1.82, 2.24) is 4.57 Å². The van der Waals surface area contributed by atoms with E-state index >= 15 is 0 Å². The Labute approximate surface area is 376 Å². The molecule has 0 atom stereocenters. The van der Waals surface area contributed by atoms with Gasteiger partial charge in [0, 0.05) is 38.8 Å². The van der Waals surface area contributed by atoms with Crippen molar-refractivity contribution in [3.63, 3.8) is 0 Å². The highest BCUT2D eigenvalue weighted by molar-refractivity contribution is 6.17. The Bertz CT molecular complexity index is 3920. The molecule has 0 aliphatic carbocycles. The van der Waals surface area contributed by atoms with E-state index in [1.807, 2.05) is 0 Å². The van der Waals surface area contributed by atoms with Crippen LogP contribution in [0, 0.1) is 0 Å². The fourth-order valence-electron chi connectivity index (χ4n) is 10.1. The van der Waals surface area contributed by atoms with Crippen molar-refractivity contribution in [3.05, 3.63) is 243 Å². The van der Waals surface area contributed by atoms with Gasteiger partial charge in [-0.3, -0.25) is 0 Å². The molecule has 0 aliphatic heterocycles. The second-order valence-electron chi connectivity index (χ2n) is 16.9. The number of fused-ring (bicyclic) bond motifs is 9. The third-order valence-corrected chi connectivity index (χ3v) is 13.1. The van der Waals surface area contributed by atoms with Crippen LogP contribution < -0.4 is 4.90 Å². The highest BCUT2D eigenvalue weighted by atomic mass is 16.3. The minimum Gasteiger partial charge on any atom is -0.455 e. The summed E-state index contributed by atoms with van der Waals surface area (Å²) < 4.78 is 9.38. The van der Waals surface area contributed by atoms with E-state index in [-0.39, 0.29) is 0 Å². The zero-order valence-corrected chi connectivity index (χ0v) is 35.4. The molecule has 0 unspecified atom stereocenters. The molecule has 0 radical (unpaired) electrons. The highest BCUT2D eigenvalue weighted by Crippen LogP contribution is 2.47. The number of para-hydroxylation sites is 3. The molecule has 65 heavy (non-hydrogen) atoms. The van der Waals surface area contributed by atoms with Crippen LogP contribution in [0.4, 0.5) is 17.1 Å². The molecule has 0 spiro atoms. The first-order valence-corrected chi connectivity index (χ1v) is 22.2. The van der Waals surface area contributed by atoms with Gasteiger partial charge >= 0.3 is 0 Å². The molecule has 0 N–H and O–H groups in total. The fraction of sp³-hybridized carbons (Fsp3) is 0. The predicted octanol–water partition coefficient (Wildman–Crippen LogP) is 17.5. The van der Waals surface area contributed by atoms with E-state index in [0.717, 1.165) is 66.9 Å². The van der Waals surface area contributed by atoms with Gasteiger partial charge in [0.1, 0.15) is 11.2 Å². The number of anilines is 3. The van der Waals surface area contributed by atoms with Gasteiger partial charge in [-0.2, -0.15) is 0 Å². The molecule has 0 amide bonds. The molecular formula is C62H40N2O. The maximum Gasteiger partial charge on any atom is 0.145 e. The average molecular weight is 829 g/mol. The van der Waals surface area contributed by atoms with Gasteiger partial charge in [0.15, 0.2) is 0 Å². The first-order valence-electron chi connectivity index (χ1n) is 22.2. The fourth-order valence-corrected chi connectivity index (χ4v) is 10.1. The predicted molar refractivity (Wildman–Crippen MR) is 274 cm³/mol. The molecule has 0 saturated heterocycles. The number of hydrogen-bond acceptors (Lipinski definition) is 2. The number of furan rings is 1. The van der Waals surface area contributed by atoms with Crippen LogP contribution in [0.15, 0.2) is 247 Å². The van der Waals surface area contributed by atoms with Crippen LogP contribution in [-0.2, 0) is 0 Å². The van der Waals surface area contributed by atoms with Crippen molar-refractivity contribution in [2.45, 2.75) is 0 Å². The Morgan fingerprint density at radius 2 is 0.908 bits per heavy atom. The van der Waals surface area contributed by atoms with Crippen LogP contribution in [0.3, 0.4) is 0 Å². The van der Waals surface area contributed by atoms with E-state index in [4.69, 9.17) is 4.42 Å². The smallest absolute Gasteiger partial charge is 0.145 e.